The molecule has 3 rings (SSSR count). The van der Waals surface area contributed by atoms with Gasteiger partial charge in [-0.1, -0.05) is 24.3 Å². The van der Waals surface area contributed by atoms with E-state index in [2.05, 4.69) is 22.4 Å². The van der Waals surface area contributed by atoms with Crippen LogP contribution in [-0.2, 0) is 17.8 Å². The maximum absolute atomic E-state index is 12.5. The molecule has 1 saturated heterocycles. The van der Waals surface area contributed by atoms with Crippen molar-refractivity contribution in [1.29, 1.82) is 0 Å². The van der Waals surface area contributed by atoms with Gasteiger partial charge in [0.2, 0.25) is 5.91 Å². The average Bonchev–Trinajstić information content (AvgIpc) is 3.04. The number of carbonyl (C=O) groups excluding carboxylic acids is 1. The predicted molar refractivity (Wildman–Crippen MR) is 109 cm³/mol. The molecule has 0 aliphatic carbocycles. The number of aliphatic hydroxyl groups excluding tert-OH is 1. The van der Waals surface area contributed by atoms with Gasteiger partial charge in [-0.05, 0) is 30.9 Å². The molecule has 1 aromatic rings. The minimum absolute atomic E-state index is 0. The van der Waals surface area contributed by atoms with E-state index in [1.165, 1.54) is 11.1 Å². The van der Waals surface area contributed by atoms with Crippen molar-refractivity contribution in [2.24, 2.45) is 4.99 Å². The molecule has 0 unspecified atom stereocenters. The highest BCUT2D eigenvalue weighted by molar-refractivity contribution is 14.0. The lowest BCUT2D eigenvalue weighted by atomic mass is 10.00. The number of rotatable bonds is 3. The molecule has 2 aliphatic rings. The first kappa shape index (κ1) is 20.0. The van der Waals surface area contributed by atoms with Crippen molar-refractivity contribution in [1.82, 2.24) is 15.1 Å². The number of aliphatic imine (C=N–C) groups is 1. The summed E-state index contributed by atoms with van der Waals surface area (Å²) in [5, 5.41) is 12.9. The summed E-state index contributed by atoms with van der Waals surface area (Å²) in [6, 6.07) is 8.30. The molecule has 0 bridgehead atoms. The van der Waals surface area contributed by atoms with Crippen molar-refractivity contribution in [3.63, 3.8) is 0 Å². The zero-order valence-corrected chi connectivity index (χ0v) is 17.0. The summed E-state index contributed by atoms with van der Waals surface area (Å²) < 4.78 is 0. The van der Waals surface area contributed by atoms with Crippen LogP contribution in [-0.4, -0.2) is 65.6 Å². The molecule has 0 spiro atoms. The van der Waals surface area contributed by atoms with E-state index in [-0.39, 0.29) is 42.5 Å². The lowest BCUT2D eigenvalue weighted by Crippen LogP contribution is -2.42. The van der Waals surface area contributed by atoms with Gasteiger partial charge in [-0.3, -0.25) is 4.79 Å². The van der Waals surface area contributed by atoms with E-state index in [0.717, 1.165) is 38.4 Å². The zero-order chi connectivity index (χ0) is 16.9. The standard InChI is InChI=1S/C18H26N4O2.HI/c1-2-19-18(22-10-8-16(23)13-22)20-11-17(24)21-9-7-14-5-3-4-6-15(14)12-21;/h3-6,16,23H,2,7-13H2,1H3,(H,19,20);1H/t16-;/m1./s1. The molecule has 1 atom stereocenters. The largest absolute Gasteiger partial charge is 0.391 e. The Hall–Kier alpha value is -1.35. The molecule has 2 aliphatic heterocycles. The van der Waals surface area contributed by atoms with E-state index in [1.807, 2.05) is 28.9 Å². The molecule has 0 saturated carbocycles. The maximum atomic E-state index is 12.5. The first-order valence-electron chi connectivity index (χ1n) is 8.73. The van der Waals surface area contributed by atoms with Crippen molar-refractivity contribution in [3.8, 4) is 0 Å². The molecule has 25 heavy (non-hydrogen) atoms. The van der Waals surface area contributed by atoms with E-state index in [1.54, 1.807) is 0 Å². The summed E-state index contributed by atoms with van der Waals surface area (Å²) in [4.78, 5) is 20.9. The summed E-state index contributed by atoms with van der Waals surface area (Å²) in [5.41, 5.74) is 2.57. The number of hydrogen-bond acceptors (Lipinski definition) is 3. The fraction of sp³-hybridized carbons (Fsp3) is 0.556. The highest BCUT2D eigenvalue weighted by atomic mass is 127. The van der Waals surface area contributed by atoms with Gasteiger partial charge in [-0.25, -0.2) is 4.99 Å². The highest BCUT2D eigenvalue weighted by Crippen LogP contribution is 2.18. The van der Waals surface area contributed by atoms with E-state index in [9.17, 15) is 9.90 Å². The van der Waals surface area contributed by atoms with E-state index in [4.69, 9.17) is 0 Å². The normalized spacial score (nSPS) is 20.1. The molecular formula is C18H27IN4O2. The molecule has 138 valence electrons. The van der Waals surface area contributed by atoms with Crippen LogP contribution < -0.4 is 5.32 Å². The van der Waals surface area contributed by atoms with Gasteiger partial charge < -0.3 is 20.2 Å². The van der Waals surface area contributed by atoms with Crippen molar-refractivity contribution in [2.45, 2.75) is 32.4 Å². The Bertz CT molecular complexity index is 623. The summed E-state index contributed by atoms with van der Waals surface area (Å²) in [6.45, 7) is 5.68. The Labute approximate surface area is 166 Å². The van der Waals surface area contributed by atoms with Gasteiger partial charge in [0.25, 0.3) is 0 Å². The minimum atomic E-state index is -0.303. The second-order valence-electron chi connectivity index (χ2n) is 6.39. The number of fused-ring (bicyclic) bond motifs is 1. The van der Waals surface area contributed by atoms with Crippen LogP contribution in [0.3, 0.4) is 0 Å². The third-order valence-electron chi connectivity index (χ3n) is 4.65. The number of benzene rings is 1. The number of nitrogens with zero attached hydrogens (tertiary/aromatic N) is 3. The van der Waals surface area contributed by atoms with Crippen LogP contribution in [0.1, 0.15) is 24.5 Å². The number of β-amino-alcohol motifs (C(OH)–C–C–N with tert-alkyl or cyclic N) is 1. The number of nitrogens with one attached hydrogen (secondary N) is 1. The third kappa shape index (κ3) is 5.07. The Kier molecular flexibility index (Phi) is 7.49. The van der Waals surface area contributed by atoms with Gasteiger partial charge in [0.05, 0.1) is 6.10 Å². The molecule has 0 aromatic heterocycles. The van der Waals surface area contributed by atoms with Crippen LogP contribution in [0.15, 0.2) is 29.3 Å². The Morgan fingerprint density at radius 1 is 1.28 bits per heavy atom. The van der Waals surface area contributed by atoms with Crippen LogP contribution in [0, 0.1) is 0 Å². The SMILES string of the molecule is CCNC(=NCC(=O)N1CCc2ccccc2C1)N1CC[C@@H](O)C1.I. The summed E-state index contributed by atoms with van der Waals surface area (Å²) in [7, 11) is 0. The van der Waals surface area contributed by atoms with Gasteiger partial charge in [0.1, 0.15) is 6.54 Å². The molecular weight excluding hydrogens is 431 g/mol. The molecule has 6 nitrogen and oxygen atoms in total. The second-order valence-corrected chi connectivity index (χ2v) is 6.39. The predicted octanol–water partition coefficient (Wildman–Crippen LogP) is 1.22. The van der Waals surface area contributed by atoms with Gasteiger partial charge in [0, 0.05) is 32.7 Å². The highest BCUT2D eigenvalue weighted by Gasteiger charge is 2.24. The number of halogens is 1. The van der Waals surface area contributed by atoms with E-state index < -0.39 is 0 Å². The van der Waals surface area contributed by atoms with E-state index in [0.29, 0.717) is 13.1 Å². The third-order valence-corrected chi connectivity index (χ3v) is 4.65. The summed E-state index contributed by atoms with van der Waals surface area (Å²) >= 11 is 0. The molecule has 7 heteroatoms. The Morgan fingerprint density at radius 2 is 2.04 bits per heavy atom. The van der Waals surface area contributed by atoms with Crippen molar-refractivity contribution in [3.05, 3.63) is 35.4 Å². The number of guanidine groups is 1. The van der Waals surface area contributed by atoms with Crippen molar-refractivity contribution < 1.29 is 9.90 Å². The fourth-order valence-corrected chi connectivity index (χ4v) is 3.31. The Balaban J connectivity index is 0.00000225. The first-order valence-corrected chi connectivity index (χ1v) is 8.73. The molecule has 2 N–H and O–H groups in total. The number of carbonyl (C=O) groups is 1. The molecule has 1 amide bonds. The van der Waals surface area contributed by atoms with Crippen LogP contribution in [0.25, 0.3) is 0 Å². The molecule has 1 aromatic carbocycles. The second kappa shape index (κ2) is 9.38. The minimum Gasteiger partial charge on any atom is -0.391 e. The van der Waals surface area contributed by atoms with Crippen LogP contribution >= 0.6 is 24.0 Å². The van der Waals surface area contributed by atoms with Gasteiger partial charge in [0.15, 0.2) is 5.96 Å². The lowest BCUT2D eigenvalue weighted by molar-refractivity contribution is -0.130. The number of hydrogen-bond donors (Lipinski definition) is 2. The topological polar surface area (TPSA) is 68.2 Å². The molecule has 2 heterocycles. The van der Waals surface area contributed by atoms with Crippen LogP contribution in [0.4, 0.5) is 0 Å². The van der Waals surface area contributed by atoms with Crippen molar-refractivity contribution in [2.75, 3.05) is 32.7 Å². The number of likely N-dealkylation sites (tertiary alicyclic amines) is 1. The van der Waals surface area contributed by atoms with Gasteiger partial charge in [-0.15, -0.1) is 24.0 Å². The average molecular weight is 458 g/mol. The monoisotopic (exact) mass is 458 g/mol. The number of aliphatic hydroxyl groups is 1. The Morgan fingerprint density at radius 3 is 2.72 bits per heavy atom. The van der Waals surface area contributed by atoms with E-state index >= 15 is 0 Å². The fourth-order valence-electron chi connectivity index (χ4n) is 3.31. The molecule has 0 radical (unpaired) electrons. The first-order chi connectivity index (χ1) is 11.7. The lowest BCUT2D eigenvalue weighted by Gasteiger charge is -2.28. The summed E-state index contributed by atoms with van der Waals surface area (Å²) in [6.07, 6.45) is 1.36. The number of amides is 1. The van der Waals surface area contributed by atoms with Gasteiger partial charge >= 0.3 is 0 Å². The van der Waals surface area contributed by atoms with Crippen LogP contribution in [0.2, 0.25) is 0 Å². The quantitative estimate of drug-likeness (QED) is 0.406. The van der Waals surface area contributed by atoms with Gasteiger partial charge in [-0.2, -0.15) is 0 Å². The summed E-state index contributed by atoms with van der Waals surface area (Å²) in [5.74, 6) is 0.777. The maximum Gasteiger partial charge on any atom is 0.244 e. The zero-order valence-electron chi connectivity index (χ0n) is 14.6. The van der Waals surface area contributed by atoms with Crippen molar-refractivity contribution >= 4 is 35.8 Å². The molecule has 1 fully saturated rings. The van der Waals surface area contributed by atoms with Crippen LogP contribution in [0.5, 0.6) is 0 Å². The smallest absolute Gasteiger partial charge is 0.244 e.